The van der Waals surface area contributed by atoms with Gasteiger partial charge in [-0.05, 0) is 53.9 Å². The van der Waals surface area contributed by atoms with Crippen LogP contribution in [0, 0.1) is 5.92 Å². The highest BCUT2D eigenvalue weighted by Crippen LogP contribution is 2.32. The highest BCUT2D eigenvalue weighted by atomic mass is 32.2. The second-order valence-electron chi connectivity index (χ2n) is 7.52. The maximum Gasteiger partial charge on any atom is 0.293 e. The Labute approximate surface area is 199 Å². The quantitative estimate of drug-likeness (QED) is 0.478. The van der Waals surface area contributed by atoms with Gasteiger partial charge in [0.05, 0.1) is 10.8 Å². The number of amides is 4. The largest absolute Gasteiger partial charge is 0.354 e. The minimum atomic E-state index is -0.476. The van der Waals surface area contributed by atoms with E-state index in [0.29, 0.717) is 11.4 Å². The predicted molar refractivity (Wildman–Crippen MR) is 129 cm³/mol. The van der Waals surface area contributed by atoms with Crippen LogP contribution in [-0.2, 0) is 14.4 Å². The second kappa shape index (κ2) is 10.2. The van der Waals surface area contributed by atoms with Gasteiger partial charge >= 0.3 is 0 Å². The van der Waals surface area contributed by atoms with E-state index in [0.717, 1.165) is 32.8 Å². The predicted octanol–water partition coefficient (Wildman–Crippen LogP) is 3.01. The number of aromatic nitrogens is 1. The Morgan fingerprint density at radius 3 is 2.88 bits per heavy atom. The van der Waals surface area contributed by atoms with Crippen molar-refractivity contribution in [3.05, 3.63) is 59.3 Å². The molecule has 2 aliphatic rings. The van der Waals surface area contributed by atoms with Crippen molar-refractivity contribution in [2.24, 2.45) is 5.92 Å². The first-order valence-corrected chi connectivity index (χ1v) is 12.4. The van der Waals surface area contributed by atoms with Crippen molar-refractivity contribution >= 4 is 58.2 Å². The van der Waals surface area contributed by atoms with Gasteiger partial charge in [0.15, 0.2) is 0 Å². The Hall–Kier alpha value is -3.11. The third-order valence-corrected chi connectivity index (χ3v) is 6.98. The SMILES string of the molecule is CSc1cccc(N2C[C@H](C(=O)NCCN3C(=O)S/C(=C/c4cccnc4)C3=O)CC2=O)c1. The molecule has 0 radical (unpaired) electrons. The number of nitrogens with zero attached hydrogens (tertiary/aromatic N) is 3. The molecule has 170 valence electrons. The highest BCUT2D eigenvalue weighted by Gasteiger charge is 2.37. The molecule has 0 spiro atoms. The number of imide groups is 1. The molecular formula is C23H22N4O4S2. The van der Waals surface area contributed by atoms with Crippen LogP contribution in [0.4, 0.5) is 10.5 Å². The molecule has 2 saturated heterocycles. The van der Waals surface area contributed by atoms with Crippen molar-refractivity contribution in [2.45, 2.75) is 11.3 Å². The topological polar surface area (TPSA) is 99.7 Å². The van der Waals surface area contributed by atoms with Crippen molar-refractivity contribution in [2.75, 3.05) is 30.8 Å². The van der Waals surface area contributed by atoms with Crippen LogP contribution in [0.2, 0.25) is 0 Å². The Kier molecular flexibility index (Phi) is 7.14. The van der Waals surface area contributed by atoms with Gasteiger partial charge in [-0.25, -0.2) is 0 Å². The number of thioether (sulfide) groups is 2. The molecule has 1 atom stereocenters. The average Bonchev–Trinajstić information content (AvgIpc) is 3.34. The Bertz CT molecular complexity index is 1120. The van der Waals surface area contributed by atoms with Crippen LogP contribution in [0.25, 0.3) is 6.08 Å². The number of pyridine rings is 1. The van der Waals surface area contributed by atoms with E-state index in [1.165, 1.54) is 0 Å². The number of rotatable bonds is 7. The molecule has 2 aliphatic heterocycles. The normalized spacial score (nSPS) is 19.6. The van der Waals surface area contributed by atoms with Gasteiger partial charge in [-0.2, -0.15) is 0 Å². The van der Waals surface area contributed by atoms with Crippen LogP contribution in [-0.4, -0.2) is 58.7 Å². The summed E-state index contributed by atoms with van der Waals surface area (Å²) in [7, 11) is 0. The molecule has 0 aliphatic carbocycles. The average molecular weight is 483 g/mol. The molecule has 4 amide bonds. The summed E-state index contributed by atoms with van der Waals surface area (Å²) < 4.78 is 0. The first kappa shape index (κ1) is 23.1. The van der Waals surface area contributed by atoms with Gasteiger partial charge in [0, 0.05) is 49.0 Å². The van der Waals surface area contributed by atoms with E-state index in [9.17, 15) is 19.2 Å². The van der Waals surface area contributed by atoms with Gasteiger partial charge in [-0.15, -0.1) is 11.8 Å². The zero-order chi connectivity index (χ0) is 23.4. The first-order valence-electron chi connectivity index (χ1n) is 10.3. The third-order valence-electron chi connectivity index (χ3n) is 5.35. The van der Waals surface area contributed by atoms with E-state index in [4.69, 9.17) is 0 Å². The van der Waals surface area contributed by atoms with Gasteiger partial charge < -0.3 is 10.2 Å². The van der Waals surface area contributed by atoms with Crippen molar-refractivity contribution < 1.29 is 19.2 Å². The lowest BCUT2D eigenvalue weighted by molar-refractivity contribution is -0.127. The fourth-order valence-electron chi connectivity index (χ4n) is 3.65. The molecule has 0 unspecified atom stereocenters. The molecule has 0 saturated carbocycles. The summed E-state index contributed by atoms with van der Waals surface area (Å²) in [4.78, 5) is 58.0. The zero-order valence-electron chi connectivity index (χ0n) is 17.9. The molecule has 33 heavy (non-hydrogen) atoms. The lowest BCUT2D eigenvalue weighted by Crippen LogP contribution is -2.40. The van der Waals surface area contributed by atoms with Gasteiger partial charge in [-0.1, -0.05) is 12.1 Å². The standard InChI is InChI=1S/C23H22N4O4S2/c1-32-18-6-2-5-17(12-18)27-14-16(11-20(27)28)21(29)25-8-9-26-22(30)19(33-23(26)31)10-15-4-3-7-24-13-15/h2-7,10,12-13,16H,8-9,11,14H2,1H3,(H,25,29)/b19-10+/t16-/m1/s1. The van der Waals surface area contributed by atoms with Gasteiger partial charge in [0.25, 0.3) is 11.1 Å². The number of hydrogen-bond donors (Lipinski definition) is 1. The van der Waals surface area contributed by atoms with Crippen LogP contribution >= 0.6 is 23.5 Å². The molecule has 2 aromatic rings. The second-order valence-corrected chi connectivity index (χ2v) is 9.39. The monoisotopic (exact) mass is 482 g/mol. The van der Waals surface area contributed by atoms with Gasteiger partial charge in [0.1, 0.15) is 0 Å². The van der Waals surface area contributed by atoms with Crippen LogP contribution in [0.1, 0.15) is 12.0 Å². The van der Waals surface area contributed by atoms with Gasteiger partial charge in [-0.3, -0.25) is 29.1 Å². The number of hydrogen-bond acceptors (Lipinski definition) is 7. The molecule has 4 rings (SSSR count). The van der Waals surface area contributed by atoms with Crippen molar-refractivity contribution in [3.8, 4) is 0 Å². The molecule has 0 bridgehead atoms. The summed E-state index contributed by atoms with van der Waals surface area (Å²) in [5.74, 6) is -1.22. The molecular weight excluding hydrogens is 460 g/mol. The minimum absolute atomic E-state index is 0.0704. The molecule has 1 N–H and O–H groups in total. The number of carbonyl (C=O) groups is 4. The maximum absolute atomic E-state index is 12.6. The Morgan fingerprint density at radius 2 is 2.12 bits per heavy atom. The smallest absolute Gasteiger partial charge is 0.293 e. The zero-order valence-corrected chi connectivity index (χ0v) is 19.5. The molecule has 8 nitrogen and oxygen atoms in total. The lowest BCUT2D eigenvalue weighted by Gasteiger charge is -2.18. The van der Waals surface area contributed by atoms with Crippen LogP contribution in [0.5, 0.6) is 0 Å². The molecule has 3 heterocycles. The molecule has 1 aromatic carbocycles. The van der Waals surface area contributed by atoms with E-state index in [2.05, 4.69) is 10.3 Å². The van der Waals surface area contributed by atoms with E-state index in [-0.39, 0.29) is 42.5 Å². The van der Waals surface area contributed by atoms with Crippen LogP contribution in [0.3, 0.4) is 0 Å². The summed E-state index contributed by atoms with van der Waals surface area (Å²) >= 11 is 2.46. The number of anilines is 1. The van der Waals surface area contributed by atoms with E-state index in [1.54, 1.807) is 47.3 Å². The maximum atomic E-state index is 12.6. The summed E-state index contributed by atoms with van der Waals surface area (Å²) in [6, 6.07) is 11.2. The molecule has 1 aromatic heterocycles. The van der Waals surface area contributed by atoms with Crippen LogP contribution < -0.4 is 10.2 Å². The fourth-order valence-corrected chi connectivity index (χ4v) is 4.97. The van der Waals surface area contributed by atoms with Crippen molar-refractivity contribution in [1.82, 2.24) is 15.2 Å². The highest BCUT2D eigenvalue weighted by molar-refractivity contribution is 8.18. The van der Waals surface area contributed by atoms with E-state index < -0.39 is 5.92 Å². The summed E-state index contributed by atoms with van der Waals surface area (Å²) in [5.41, 5.74) is 1.51. The third kappa shape index (κ3) is 5.28. The Balaban J connectivity index is 1.30. The van der Waals surface area contributed by atoms with Crippen LogP contribution in [0.15, 0.2) is 58.6 Å². The van der Waals surface area contributed by atoms with E-state index in [1.807, 2.05) is 30.5 Å². The first-order chi connectivity index (χ1) is 16.0. The minimum Gasteiger partial charge on any atom is -0.354 e. The van der Waals surface area contributed by atoms with Gasteiger partial charge in [0.2, 0.25) is 11.8 Å². The molecule has 10 heteroatoms. The number of benzene rings is 1. The summed E-state index contributed by atoms with van der Waals surface area (Å²) in [6.45, 7) is 0.503. The van der Waals surface area contributed by atoms with E-state index >= 15 is 0 Å². The molecule has 2 fully saturated rings. The van der Waals surface area contributed by atoms with Crippen molar-refractivity contribution in [3.63, 3.8) is 0 Å². The fraction of sp³-hybridized carbons (Fsp3) is 0.261. The Morgan fingerprint density at radius 1 is 1.27 bits per heavy atom. The summed E-state index contributed by atoms with van der Waals surface area (Å²) in [6.07, 6.45) is 6.96. The number of nitrogens with one attached hydrogen (secondary N) is 1. The summed E-state index contributed by atoms with van der Waals surface area (Å²) in [5, 5.41) is 2.39. The number of carbonyl (C=O) groups excluding carboxylic acids is 4. The lowest BCUT2D eigenvalue weighted by atomic mass is 10.1. The van der Waals surface area contributed by atoms with Crippen molar-refractivity contribution in [1.29, 1.82) is 0 Å².